The van der Waals surface area contributed by atoms with Crippen LogP contribution >= 0.6 is 0 Å². The van der Waals surface area contributed by atoms with E-state index in [0.29, 0.717) is 0 Å². The van der Waals surface area contributed by atoms with E-state index in [4.69, 9.17) is 10.2 Å². The minimum Gasteiger partial charge on any atom is -0.394 e. The second-order valence-electron chi connectivity index (χ2n) is 3.03. The molecule has 0 spiro atoms. The largest absolute Gasteiger partial charge is 0.394 e. The van der Waals surface area contributed by atoms with Gasteiger partial charge < -0.3 is 10.2 Å². The number of hydrogen-bond acceptors (Lipinski definition) is 6. The molecule has 0 radical (unpaired) electrons. The van der Waals surface area contributed by atoms with Crippen LogP contribution in [0.5, 0.6) is 0 Å². The first-order chi connectivity index (χ1) is 7.90. The van der Waals surface area contributed by atoms with Gasteiger partial charge in [-0.2, -0.15) is 0 Å². The summed E-state index contributed by atoms with van der Waals surface area (Å²) in [5, 5.41) is 36.5. The van der Waals surface area contributed by atoms with Crippen LogP contribution in [-0.2, 0) is 0 Å². The Morgan fingerprint density at radius 1 is 1.18 bits per heavy atom. The monoisotopic (exact) mass is 244 g/mol. The Hall–Kier alpha value is -2.06. The molecule has 0 aliphatic heterocycles. The van der Waals surface area contributed by atoms with E-state index < -0.39 is 27.3 Å². The zero-order chi connectivity index (χ0) is 13.4. The summed E-state index contributed by atoms with van der Waals surface area (Å²) in [7, 11) is 0. The third-order valence-corrected chi connectivity index (χ3v) is 1.54. The standard InChI is InChI=1S/C6H4N2O4.C3H8O2/c9-7(10)5-3-1-2-4-6(5)8(11)12;1-3(5)2-4/h1-4H;3-5H,2H2,1H3. The van der Waals surface area contributed by atoms with Gasteiger partial charge in [-0.15, -0.1) is 0 Å². The molecule has 0 bridgehead atoms. The Balaban J connectivity index is 0.000000437. The highest BCUT2D eigenvalue weighted by molar-refractivity contribution is 5.51. The summed E-state index contributed by atoms with van der Waals surface area (Å²) in [5.74, 6) is 0. The summed E-state index contributed by atoms with van der Waals surface area (Å²) in [6.07, 6.45) is -0.560. The lowest BCUT2D eigenvalue weighted by molar-refractivity contribution is -0.422. The first-order valence-corrected chi connectivity index (χ1v) is 4.56. The molecule has 1 aromatic carbocycles. The highest BCUT2D eigenvalue weighted by atomic mass is 16.6. The lowest BCUT2D eigenvalue weighted by atomic mass is 10.3. The molecule has 0 aliphatic carbocycles. The number of rotatable bonds is 3. The van der Waals surface area contributed by atoms with Crippen LogP contribution < -0.4 is 0 Å². The van der Waals surface area contributed by atoms with E-state index in [-0.39, 0.29) is 6.61 Å². The smallest absolute Gasteiger partial charge is 0.346 e. The van der Waals surface area contributed by atoms with Crippen molar-refractivity contribution in [3.63, 3.8) is 0 Å². The van der Waals surface area contributed by atoms with Crippen LogP contribution in [0.25, 0.3) is 0 Å². The zero-order valence-electron chi connectivity index (χ0n) is 9.02. The number of nitrogens with zero attached hydrogens (tertiary/aromatic N) is 2. The summed E-state index contributed by atoms with van der Waals surface area (Å²) in [6.45, 7) is 1.39. The van der Waals surface area contributed by atoms with Crippen LogP contribution in [0.4, 0.5) is 11.4 Å². The number of hydrogen-bond donors (Lipinski definition) is 2. The van der Waals surface area contributed by atoms with Crippen LogP contribution in [0.15, 0.2) is 24.3 Å². The van der Waals surface area contributed by atoms with Crippen LogP contribution in [0, 0.1) is 20.2 Å². The number of para-hydroxylation sites is 2. The fourth-order valence-corrected chi connectivity index (χ4v) is 0.773. The molecule has 0 heterocycles. The maximum absolute atomic E-state index is 10.2. The lowest BCUT2D eigenvalue weighted by Crippen LogP contribution is -2.03. The fraction of sp³-hybridized carbons (Fsp3) is 0.333. The quantitative estimate of drug-likeness (QED) is 0.599. The van der Waals surface area contributed by atoms with Crippen LogP contribution in [-0.4, -0.2) is 32.8 Å². The summed E-state index contributed by atoms with van der Waals surface area (Å²) < 4.78 is 0. The van der Waals surface area contributed by atoms with Crippen molar-refractivity contribution in [3.05, 3.63) is 44.5 Å². The van der Waals surface area contributed by atoms with Gasteiger partial charge in [0.05, 0.1) is 22.6 Å². The van der Waals surface area contributed by atoms with Crippen molar-refractivity contribution in [1.82, 2.24) is 0 Å². The van der Waals surface area contributed by atoms with Gasteiger partial charge in [0.1, 0.15) is 0 Å². The normalized spacial score (nSPS) is 11.0. The molecule has 94 valence electrons. The van der Waals surface area contributed by atoms with Gasteiger partial charge in [-0.25, -0.2) is 0 Å². The van der Waals surface area contributed by atoms with Gasteiger partial charge in [-0.3, -0.25) is 20.2 Å². The molecule has 8 nitrogen and oxygen atoms in total. The molecular weight excluding hydrogens is 232 g/mol. The van der Waals surface area contributed by atoms with E-state index in [1.54, 1.807) is 0 Å². The number of nitro groups is 2. The van der Waals surface area contributed by atoms with Gasteiger partial charge >= 0.3 is 11.4 Å². The molecule has 0 amide bonds. The van der Waals surface area contributed by atoms with Crippen molar-refractivity contribution in [1.29, 1.82) is 0 Å². The molecule has 0 aromatic heterocycles. The van der Waals surface area contributed by atoms with E-state index in [2.05, 4.69) is 0 Å². The second kappa shape index (κ2) is 7.25. The maximum Gasteiger partial charge on any atom is 0.346 e. The molecule has 1 rings (SSSR count). The first kappa shape index (κ1) is 14.9. The molecule has 1 unspecified atom stereocenters. The number of aliphatic hydroxyl groups excluding tert-OH is 2. The van der Waals surface area contributed by atoms with Crippen LogP contribution in [0.1, 0.15) is 6.92 Å². The number of benzene rings is 1. The average molecular weight is 244 g/mol. The summed E-state index contributed by atoms with van der Waals surface area (Å²) in [4.78, 5) is 18.9. The van der Waals surface area contributed by atoms with Gasteiger partial charge in [0.15, 0.2) is 0 Å². The number of aliphatic hydroxyl groups is 2. The summed E-state index contributed by atoms with van der Waals surface area (Å²) >= 11 is 0. The molecular formula is C9H12N2O6. The van der Waals surface area contributed by atoms with E-state index in [0.717, 1.165) is 12.1 Å². The van der Waals surface area contributed by atoms with Crippen molar-refractivity contribution >= 4 is 11.4 Å². The topological polar surface area (TPSA) is 127 Å². The highest BCUT2D eigenvalue weighted by Gasteiger charge is 2.21. The van der Waals surface area contributed by atoms with Crippen molar-refractivity contribution < 1.29 is 20.1 Å². The Labute approximate surface area is 96.4 Å². The molecule has 0 saturated carbocycles. The predicted octanol–water partition coefficient (Wildman–Crippen LogP) is 0.863. The third-order valence-electron chi connectivity index (χ3n) is 1.54. The Kier molecular flexibility index (Phi) is 6.37. The van der Waals surface area contributed by atoms with Crippen molar-refractivity contribution in [3.8, 4) is 0 Å². The van der Waals surface area contributed by atoms with Gasteiger partial charge in [-0.05, 0) is 6.92 Å². The lowest BCUT2D eigenvalue weighted by Gasteiger charge is -1.91. The minimum atomic E-state index is -0.780. The predicted molar refractivity (Wildman–Crippen MR) is 58.5 cm³/mol. The molecule has 1 atom stereocenters. The van der Waals surface area contributed by atoms with Gasteiger partial charge in [-0.1, -0.05) is 12.1 Å². The molecule has 0 saturated heterocycles. The fourth-order valence-electron chi connectivity index (χ4n) is 0.773. The Morgan fingerprint density at radius 3 is 1.65 bits per heavy atom. The summed E-state index contributed by atoms with van der Waals surface area (Å²) in [5.41, 5.74) is -0.968. The molecule has 17 heavy (non-hydrogen) atoms. The van der Waals surface area contributed by atoms with Gasteiger partial charge in [0, 0.05) is 12.1 Å². The van der Waals surface area contributed by atoms with Crippen molar-refractivity contribution in [2.45, 2.75) is 13.0 Å². The molecule has 2 N–H and O–H groups in total. The van der Waals surface area contributed by atoms with Crippen molar-refractivity contribution in [2.75, 3.05) is 6.61 Å². The highest BCUT2D eigenvalue weighted by Crippen LogP contribution is 2.24. The van der Waals surface area contributed by atoms with E-state index in [1.165, 1.54) is 19.1 Å². The summed E-state index contributed by atoms with van der Waals surface area (Å²) in [6, 6.07) is 4.95. The van der Waals surface area contributed by atoms with Crippen molar-refractivity contribution in [2.24, 2.45) is 0 Å². The van der Waals surface area contributed by atoms with E-state index in [1.807, 2.05) is 0 Å². The van der Waals surface area contributed by atoms with Crippen LogP contribution in [0.2, 0.25) is 0 Å². The average Bonchev–Trinajstić information content (AvgIpc) is 2.29. The first-order valence-electron chi connectivity index (χ1n) is 4.56. The third kappa shape index (κ3) is 5.54. The van der Waals surface area contributed by atoms with Gasteiger partial charge in [0.2, 0.25) is 0 Å². The molecule has 0 aliphatic rings. The maximum atomic E-state index is 10.2. The zero-order valence-corrected chi connectivity index (χ0v) is 9.02. The van der Waals surface area contributed by atoms with E-state index in [9.17, 15) is 20.2 Å². The second-order valence-corrected chi connectivity index (χ2v) is 3.03. The Morgan fingerprint density at radius 2 is 1.47 bits per heavy atom. The number of nitro benzene ring substituents is 2. The van der Waals surface area contributed by atoms with Crippen LogP contribution in [0.3, 0.4) is 0 Å². The molecule has 8 heteroatoms. The molecule has 0 fully saturated rings. The SMILES string of the molecule is CC(O)CO.O=[N+]([O-])c1ccccc1[N+](=O)[O-]. The minimum absolute atomic E-state index is 0.139. The Bertz CT molecular complexity index is 360. The molecule has 1 aromatic rings. The van der Waals surface area contributed by atoms with E-state index >= 15 is 0 Å². The van der Waals surface area contributed by atoms with Gasteiger partial charge in [0.25, 0.3) is 0 Å².